The summed E-state index contributed by atoms with van der Waals surface area (Å²) in [6, 6.07) is 5.52. The Morgan fingerprint density at radius 3 is 2.76 bits per heavy atom. The molecule has 3 aromatic heterocycles. The Labute approximate surface area is 241 Å². The standard InChI is InChI=1S/C28H32N8O4S/c29-24-18-2-1-6-30-19(18)12-28(24)4-8-34(9-5-28)25-20(15-38)33-22(13-32-25)41-21-3-7-31-26-23(21)40-16-17-14-35(10-11-37)27(39)36(17)26/h1-3,6-7,13,17,24,37-38H,4-5,8-12,14-16,29H2/t17?,24-/m1/s1. The first-order valence-electron chi connectivity index (χ1n) is 13.9. The molecule has 3 aromatic rings. The summed E-state index contributed by atoms with van der Waals surface area (Å²) in [5, 5.41) is 20.2. The summed E-state index contributed by atoms with van der Waals surface area (Å²) in [6.45, 7) is 2.33. The molecule has 7 rings (SSSR count). The number of rotatable bonds is 6. The van der Waals surface area contributed by atoms with E-state index < -0.39 is 0 Å². The van der Waals surface area contributed by atoms with Crippen LogP contribution in [0.4, 0.5) is 16.4 Å². The third-order valence-electron chi connectivity index (χ3n) is 8.80. The fraction of sp³-hybridized carbons (Fsp3) is 0.464. The van der Waals surface area contributed by atoms with E-state index in [4.69, 9.17) is 20.4 Å². The minimum atomic E-state index is -0.233. The lowest BCUT2D eigenvalue weighted by Gasteiger charge is -2.42. The van der Waals surface area contributed by atoms with Gasteiger partial charge in [-0.3, -0.25) is 9.88 Å². The number of carbonyl (C=O) groups excluding carboxylic acids is 1. The molecule has 0 radical (unpaired) electrons. The molecule has 2 saturated heterocycles. The van der Waals surface area contributed by atoms with E-state index >= 15 is 0 Å². The predicted octanol–water partition coefficient (Wildman–Crippen LogP) is 1.75. The fourth-order valence-electron chi connectivity index (χ4n) is 6.65. The highest BCUT2D eigenvalue weighted by Gasteiger charge is 2.47. The van der Waals surface area contributed by atoms with E-state index in [0.29, 0.717) is 41.3 Å². The van der Waals surface area contributed by atoms with Crippen molar-refractivity contribution in [2.24, 2.45) is 11.1 Å². The van der Waals surface area contributed by atoms with Gasteiger partial charge in [0, 0.05) is 50.3 Å². The van der Waals surface area contributed by atoms with E-state index in [1.54, 1.807) is 22.2 Å². The van der Waals surface area contributed by atoms with Gasteiger partial charge in [0.05, 0.1) is 30.3 Å². The van der Waals surface area contributed by atoms with Gasteiger partial charge < -0.3 is 30.5 Å². The van der Waals surface area contributed by atoms with Crippen LogP contribution in [0.5, 0.6) is 5.75 Å². The third kappa shape index (κ3) is 4.38. The number of ether oxygens (including phenoxy) is 1. The SMILES string of the molecule is N[C@@H]1c2cccnc2CC12CCN(c1ncc(Sc3ccnc4c3OCC3CN(CCO)C(=O)N43)nc1CO)CC2. The van der Waals surface area contributed by atoms with Gasteiger partial charge in [-0.2, -0.15) is 0 Å². The number of fused-ring (bicyclic) bond motifs is 4. The molecule has 4 aliphatic rings. The number of anilines is 2. The van der Waals surface area contributed by atoms with E-state index in [1.807, 2.05) is 18.3 Å². The molecular weight excluding hydrogens is 544 g/mol. The van der Waals surface area contributed by atoms with Crippen LogP contribution >= 0.6 is 11.8 Å². The predicted molar refractivity (Wildman–Crippen MR) is 151 cm³/mol. The Bertz CT molecular complexity index is 1480. The Morgan fingerprint density at radius 1 is 1.12 bits per heavy atom. The molecule has 1 unspecified atom stereocenters. The van der Waals surface area contributed by atoms with Gasteiger partial charge in [-0.25, -0.2) is 19.7 Å². The van der Waals surface area contributed by atoms with Crippen LogP contribution in [0.2, 0.25) is 0 Å². The number of nitrogens with zero attached hydrogens (tertiary/aromatic N) is 7. The molecule has 1 spiro atoms. The quantitative estimate of drug-likeness (QED) is 0.393. The van der Waals surface area contributed by atoms with Gasteiger partial charge >= 0.3 is 6.03 Å². The molecule has 13 heteroatoms. The Kier molecular flexibility index (Phi) is 6.69. The highest BCUT2D eigenvalue weighted by atomic mass is 32.2. The van der Waals surface area contributed by atoms with E-state index in [0.717, 1.165) is 48.5 Å². The maximum absolute atomic E-state index is 13.0. The number of carbonyl (C=O) groups is 1. The molecule has 12 nitrogen and oxygen atoms in total. The first-order chi connectivity index (χ1) is 20.0. The molecule has 3 aliphatic heterocycles. The zero-order valence-corrected chi connectivity index (χ0v) is 23.3. The normalized spacial score (nSPS) is 22.5. The molecule has 0 aromatic carbocycles. The van der Waals surface area contributed by atoms with Gasteiger partial charge in [0.25, 0.3) is 0 Å². The van der Waals surface area contributed by atoms with Gasteiger partial charge in [-0.05, 0) is 42.4 Å². The van der Waals surface area contributed by atoms with Crippen molar-refractivity contribution in [3.8, 4) is 5.75 Å². The third-order valence-corrected chi connectivity index (χ3v) is 9.75. The summed E-state index contributed by atoms with van der Waals surface area (Å²) in [7, 11) is 0. The van der Waals surface area contributed by atoms with Gasteiger partial charge in [0.1, 0.15) is 17.3 Å². The number of hydrogen-bond donors (Lipinski definition) is 3. The topological polar surface area (TPSA) is 154 Å². The monoisotopic (exact) mass is 576 g/mol. The molecule has 0 saturated carbocycles. The van der Waals surface area contributed by atoms with Crippen LogP contribution in [0.3, 0.4) is 0 Å². The number of β-amino-alcohol motifs (C(OH)–C–C–N with tert-alkyl or cyclic N) is 1. The van der Waals surface area contributed by atoms with Crippen LogP contribution in [0, 0.1) is 5.41 Å². The number of aromatic nitrogens is 4. The van der Waals surface area contributed by atoms with E-state index in [2.05, 4.69) is 20.9 Å². The average molecular weight is 577 g/mol. The number of hydrogen-bond acceptors (Lipinski definition) is 11. The van der Waals surface area contributed by atoms with Crippen LogP contribution < -0.4 is 20.3 Å². The van der Waals surface area contributed by atoms with Crippen LogP contribution in [-0.2, 0) is 13.0 Å². The molecule has 6 heterocycles. The van der Waals surface area contributed by atoms with Crippen molar-refractivity contribution in [2.45, 2.75) is 47.9 Å². The van der Waals surface area contributed by atoms with Crippen LogP contribution in [-0.4, -0.2) is 86.5 Å². The number of amides is 2. The zero-order chi connectivity index (χ0) is 28.1. The number of urea groups is 1. The molecule has 4 N–H and O–H groups in total. The second-order valence-corrected chi connectivity index (χ2v) is 12.1. The van der Waals surface area contributed by atoms with Crippen molar-refractivity contribution in [1.82, 2.24) is 24.8 Å². The molecule has 2 atom stereocenters. The highest BCUT2D eigenvalue weighted by Crippen LogP contribution is 2.50. The van der Waals surface area contributed by atoms with Gasteiger partial charge in [-0.1, -0.05) is 17.8 Å². The van der Waals surface area contributed by atoms with Crippen LogP contribution in [0.1, 0.15) is 35.8 Å². The smallest absolute Gasteiger partial charge is 0.326 e. The number of piperidine rings is 1. The molecule has 1 aliphatic carbocycles. The lowest BCUT2D eigenvalue weighted by molar-refractivity contribution is 0.186. The number of aliphatic hydroxyl groups is 2. The number of pyridine rings is 2. The molecule has 2 fully saturated rings. The van der Waals surface area contributed by atoms with Crippen molar-refractivity contribution < 1.29 is 19.7 Å². The summed E-state index contributed by atoms with van der Waals surface area (Å²) < 4.78 is 6.08. The maximum atomic E-state index is 13.0. The van der Waals surface area contributed by atoms with Crippen molar-refractivity contribution in [3.63, 3.8) is 0 Å². The summed E-state index contributed by atoms with van der Waals surface area (Å²) >= 11 is 1.36. The van der Waals surface area contributed by atoms with Crippen LogP contribution in [0.15, 0.2) is 46.7 Å². The second kappa shape index (κ2) is 10.4. The van der Waals surface area contributed by atoms with Crippen molar-refractivity contribution in [2.75, 3.05) is 49.2 Å². The molecule has 214 valence electrons. The fourth-order valence-corrected chi connectivity index (χ4v) is 7.51. The largest absolute Gasteiger partial charge is 0.486 e. The van der Waals surface area contributed by atoms with Crippen LogP contribution in [0.25, 0.3) is 0 Å². The Balaban J connectivity index is 1.08. The molecular formula is C28H32N8O4S. The van der Waals surface area contributed by atoms with Gasteiger partial charge in [-0.15, -0.1) is 0 Å². The summed E-state index contributed by atoms with van der Waals surface area (Å²) in [4.78, 5) is 37.7. The van der Waals surface area contributed by atoms with E-state index in [1.165, 1.54) is 11.8 Å². The van der Waals surface area contributed by atoms with Gasteiger partial charge in [0.15, 0.2) is 17.4 Å². The van der Waals surface area contributed by atoms with Gasteiger partial charge in [0.2, 0.25) is 0 Å². The summed E-state index contributed by atoms with van der Waals surface area (Å²) in [5.74, 6) is 1.68. The van der Waals surface area contributed by atoms with Crippen molar-refractivity contribution in [1.29, 1.82) is 0 Å². The lowest BCUT2D eigenvalue weighted by Crippen LogP contribution is -2.45. The number of aliphatic hydroxyl groups excluding tert-OH is 2. The zero-order valence-electron chi connectivity index (χ0n) is 22.5. The Hall–Kier alpha value is -3.52. The average Bonchev–Trinajstić information content (AvgIpc) is 3.47. The number of nitrogens with two attached hydrogens (primary N) is 1. The summed E-state index contributed by atoms with van der Waals surface area (Å²) in [5.41, 5.74) is 9.51. The molecule has 2 amide bonds. The first-order valence-corrected chi connectivity index (χ1v) is 14.7. The first kappa shape index (κ1) is 26.4. The maximum Gasteiger partial charge on any atom is 0.326 e. The van der Waals surface area contributed by atoms with Crippen molar-refractivity contribution in [3.05, 3.63) is 53.7 Å². The van der Waals surface area contributed by atoms with Crippen molar-refractivity contribution >= 4 is 29.4 Å². The Morgan fingerprint density at radius 2 is 1.98 bits per heavy atom. The lowest BCUT2D eigenvalue weighted by atomic mass is 9.73. The minimum absolute atomic E-state index is 0.00107. The van der Waals surface area contributed by atoms with E-state index in [9.17, 15) is 15.0 Å². The highest BCUT2D eigenvalue weighted by molar-refractivity contribution is 7.99. The summed E-state index contributed by atoms with van der Waals surface area (Å²) in [6.07, 6.45) is 7.93. The molecule has 0 bridgehead atoms. The minimum Gasteiger partial charge on any atom is -0.486 e. The molecule has 41 heavy (non-hydrogen) atoms. The second-order valence-electron chi connectivity index (χ2n) is 11.0. The van der Waals surface area contributed by atoms with E-state index in [-0.39, 0.29) is 43.3 Å².